The molecule has 1 atom stereocenters. The van der Waals surface area contributed by atoms with E-state index in [-0.39, 0.29) is 24.1 Å². The lowest BCUT2D eigenvalue weighted by Gasteiger charge is -2.13. The monoisotopic (exact) mass is 306 g/mol. The molecule has 0 saturated carbocycles. The Labute approximate surface area is 119 Å². The van der Waals surface area contributed by atoms with E-state index in [0.717, 1.165) is 0 Å². The van der Waals surface area contributed by atoms with Crippen molar-refractivity contribution in [1.29, 1.82) is 0 Å². The van der Waals surface area contributed by atoms with Gasteiger partial charge in [-0.25, -0.2) is 13.1 Å². The average molecular weight is 307 g/mol. The molecular weight excluding hydrogens is 288 g/mol. The topological polar surface area (TPSA) is 81.4 Å². The predicted octanol–water partition coefficient (Wildman–Crippen LogP) is 1.50. The lowest BCUT2D eigenvalue weighted by Crippen LogP contribution is -2.32. The lowest BCUT2D eigenvalue weighted by atomic mass is 10.2. The summed E-state index contributed by atoms with van der Waals surface area (Å²) in [5.74, 6) is 0. The van der Waals surface area contributed by atoms with Crippen LogP contribution in [0.4, 0.5) is 0 Å². The minimum Gasteiger partial charge on any atom is -0.377 e. The number of benzene rings is 1. The van der Waals surface area contributed by atoms with Crippen molar-refractivity contribution in [3.8, 4) is 0 Å². The Balaban J connectivity index is 2.80. The predicted molar refractivity (Wildman–Crippen MR) is 75.6 cm³/mol. The van der Waals surface area contributed by atoms with Crippen LogP contribution in [0.25, 0.3) is 0 Å². The largest absolute Gasteiger partial charge is 0.377 e. The molecule has 1 unspecified atom stereocenters. The van der Waals surface area contributed by atoms with Gasteiger partial charge in [0, 0.05) is 24.7 Å². The molecule has 7 heteroatoms. The molecule has 0 aliphatic carbocycles. The molecule has 0 saturated heterocycles. The highest BCUT2D eigenvalue weighted by atomic mass is 35.5. The Bertz CT molecular complexity index is 520. The molecule has 19 heavy (non-hydrogen) atoms. The van der Waals surface area contributed by atoms with Crippen molar-refractivity contribution in [3.63, 3.8) is 0 Å². The molecule has 0 aliphatic heterocycles. The van der Waals surface area contributed by atoms with Crippen LogP contribution in [0, 0.1) is 0 Å². The molecule has 0 aromatic heterocycles. The third-order valence-corrected chi connectivity index (χ3v) is 4.34. The van der Waals surface area contributed by atoms with Crippen molar-refractivity contribution in [1.82, 2.24) is 4.72 Å². The van der Waals surface area contributed by atoms with Gasteiger partial charge in [-0.3, -0.25) is 0 Å². The Morgan fingerprint density at radius 2 is 2.16 bits per heavy atom. The first-order valence-corrected chi connectivity index (χ1v) is 7.86. The van der Waals surface area contributed by atoms with Gasteiger partial charge in [0.25, 0.3) is 0 Å². The van der Waals surface area contributed by atoms with Crippen LogP contribution >= 0.6 is 11.6 Å². The second-order valence-electron chi connectivity index (χ2n) is 4.08. The fraction of sp³-hybridized carbons (Fsp3) is 0.500. The molecule has 0 bridgehead atoms. The van der Waals surface area contributed by atoms with Crippen LogP contribution < -0.4 is 10.5 Å². The van der Waals surface area contributed by atoms with Crippen LogP contribution in [-0.2, 0) is 21.3 Å². The third kappa shape index (κ3) is 4.74. The molecule has 0 amide bonds. The summed E-state index contributed by atoms with van der Waals surface area (Å²) in [4.78, 5) is 0.124. The van der Waals surface area contributed by atoms with Gasteiger partial charge >= 0.3 is 0 Å². The Morgan fingerprint density at radius 3 is 2.68 bits per heavy atom. The van der Waals surface area contributed by atoms with Gasteiger partial charge in [-0.2, -0.15) is 0 Å². The molecule has 0 heterocycles. The first kappa shape index (κ1) is 16.4. The van der Waals surface area contributed by atoms with E-state index in [1.807, 2.05) is 6.92 Å². The number of halogens is 1. The van der Waals surface area contributed by atoms with E-state index in [1.54, 1.807) is 13.0 Å². The summed E-state index contributed by atoms with van der Waals surface area (Å²) in [5, 5.41) is 0.350. The SMILES string of the molecule is CCOC(C)CNS(=O)(=O)c1ccc(CN)c(Cl)c1. The van der Waals surface area contributed by atoms with Gasteiger partial charge in [0.2, 0.25) is 10.0 Å². The van der Waals surface area contributed by atoms with Gasteiger partial charge in [-0.1, -0.05) is 17.7 Å². The zero-order valence-electron chi connectivity index (χ0n) is 11.0. The van der Waals surface area contributed by atoms with Crippen LogP contribution in [0.15, 0.2) is 23.1 Å². The molecule has 108 valence electrons. The summed E-state index contributed by atoms with van der Waals surface area (Å²) in [5.41, 5.74) is 6.19. The van der Waals surface area contributed by atoms with Gasteiger partial charge in [0.1, 0.15) is 0 Å². The molecule has 3 N–H and O–H groups in total. The van der Waals surface area contributed by atoms with Crippen LogP contribution in [0.3, 0.4) is 0 Å². The van der Waals surface area contributed by atoms with Gasteiger partial charge < -0.3 is 10.5 Å². The van der Waals surface area contributed by atoms with E-state index in [4.69, 9.17) is 22.1 Å². The minimum atomic E-state index is -3.58. The Hall–Kier alpha value is -0.660. The summed E-state index contributed by atoms with van der Waals surface area (Å²) < 4.78 is 31.8. The van der Waals surface area contributed by atoms with Gasteiger partial charge in [0.05, 0.1) is 11.0 Å². The van der Waals surface area contributed by atoms with E-state index in [0.29, 0.717) is 17.2 Å². The molecule has 0 aliphatic rings. The normalized spacial score (nSPS) is 13.5. The van der Waals surface area contributed by atoms with E-state index in [9.17, 15) is 8.42 Å². The zero-order chi connectivity index (χ0) is 14.5. The standard InChI is InChI=1S/C12H19ClN2O3S/c1-3-18-9(2)8-15-19(16,17)11-5-4-10(7-14)12(13)6-11/h4-6,9,15H,3,7-8,14H2,1-2H3. The number of nitrogens with one attached hydrogen (secondary N) is 1. The van der Waals surface area contributed by atoms with E-state index in [1.165, 1.54) is 12.1 Å². The summed E-state index contributed by atoms with van der Waals surface area (Å²) in [7, 11) is -3.58. The summed E-state index contributed by atoms with van der Waals surface area (Å²) in [6.07, 6.45) is -0.182. The van der Waals surface area contributed by atoms with Gasteiger partial charge in [0.15, 0.2) is 0 Å². The second-order valence-corrected chi connectivity index (χ2v) is 6.25. The fourth-order valence-electron chi connectivity index (χ4n) is 1.51. The highest BCUT2D eigenvalue weighted by Crippen LogP contribution is 2.20. The molecular formula is C12H19ClN2O3S. The van der Waals surface area contributed by atoms with Crippen LogP contribution in [0.2, 0.25) is 5.02 Å². The molecule has 0 spiro atoms. The maximum absolute atomic E-state index is 12.0. The quantitative estimate of drug-likeness (QED) is 0.800. The van der Waals surface area contributed by atoms with Crippen molar-refractivity contribution >= 4 is 21.6 Å². The number of hydrogen-bond donors (Lipinski definition) is 2. The summed E-state index contributed by atoms with van der Waals surface area (Å²) >= 11 is 5.95. The van der Waals surface area contributed by atoms with E-state index < -0.39 is 10.0 Å². The maximum Gasteiger partial charge on any atom is 0.240 e. The Kier molecular flexibility index (Phi) is 6.22. The Morgan fingerprint density at radius 1 is 1.47 bits per heavy atom. The van der Waals surface area contributed by atoms with Crippen molar-refractivity contribution in [3.05, 3.63) is 28.8 Å². The minimum absolute atomic E-state index is 0.124. The first-order chi connectivity index (χ1) is 8.90. The van der Waals surface area contributed by atoms with E-state index in [2.05, 4.69) is 4.72 Å². The maximum atomic E-state index is 12.0. The average Bonchev–Trinajstić information content (AvgIpc) is 2.37. The zero-order valence-corrected chi connectivity index (χ0v) is 12.6. The van der Waals surface area contributed by atoms with E-state index >= 15 is 0 Å². The molecule has 0 fully saturated rings. The first-order valence-electron chi connectivity index (χ1n) is 6.00. The van der Waals surface area contributed by atoms with Crippen molar-refractivity contribution in [2.75, 3.05) is 13.2 Å². The highest BCUT2D eigenvalue weighted by molar-refractivity contribution is 7.89. The van der Waals surface area contributed by atoms with Crippen LogP contribution in [0.1, 0.15) is 19.4 Å². The molecule has 1 rings (SSSR count). The number of rotatable bonds is 7. The smallest absolute Gasteiger partial charge is 0.240 e. The van der Waals surface area contributed by atoms with Gasteiger partial charge in [-0.15, -0.1) is 0 Å². The number of hydrogen-bond acceptors (Lipinski definition) is 4. The van der Waals surface area contributed by atoms with Crippen molar-refractivity contribution in [2.45, 2.75) is 31.4 Å². The number of ether oxygens (including phenoxy) is 1. The van der Waals surface area contributed by atoms with Crippen molar-refractivity contribution in [2.24, 2.45) is 5.73 Å². The highest BCUT2D eigenvalue weighted by Gasteiger charge is 2.16. The molecule has 5 nitrogen and oxygen atoms in total. The van der Waals surface area contributed by atoms with Crippen molar-refractivity contribution < 1.29 is 13.2 Å². The van der Waals surface area contributed by atoms with Crippen LogP contribution in [-0.4, -0.2) is 27.7 Å². The number of nitrogens with two attached hydrogens (primary N) is 1. The number of sulfonamides is 1. The lowest BCUT2D eigenvalue weighted by molar-refractivity contribution is 0.0799. The summed E-state index contributed by atoms with van der Waals surface area (Å²) in [6, 6.07) is 4.50. The molecule has 1 aromatic carbocycles. The summed E-state index contributed by atoms with van der Waals surface area (Å²) in [6.45, 7) is 4.69. The van der Waals surface area contributed by atoms with Gasteiger partial charge in [-0.05, 0) is 31.5 Å². The third-order valence-electron chi connectivity index (χ3n) is 2.57. The van der Waals surface area contributed by atoms with Crippen LogP contribution in [0.5, 0.6) is 0 Å². The molecule has 0 radical (unpaired) electrons. The molecule has 1 aromatic rings. The second kappa shape index (κ2) is 7.21. The fourth-order valence-corrected chi connectivity index (χ4v) is 2.98.